The molecule has 0 bridgehead atoms. The molecular formula is C28H30N8O. The number of nitrogens with zero attached hydrogens (tertiary/aromatic N) is 5. The smallest absolute Gasteiger partial charge is 0.268 e. The summed E-state index contributed by atoms with van der Waals surface area (Å²) in [5, 5.41) is 15.3. The van der Waals surface area contributed by atoms with Crippen molar-refractivity contribution in [2.45, 2.75) is 38.3 Å². The first-order valence-corrected chi connectivity index (χ1v) is 12.9. The first kappa shape index (κ1) is 23.3. The van der Waals surface area contributed by atoms with Gasteiger partial charge in [-0.2, -0.15) is 10.1 Å². The summed E-state index contributed by atoms with van der Waals surface area (Å²) in [6, 6.07) is 12.3. The fourth-order valence-electron chi connectivity index (χ4n) is 4.57. The monoisotopic (exact) mass is 494 g/mol. The van der Waals surface area contributed by atoms with Crippen molar-refractivity contribution in [1.29, 1.82) is 0 Å². The SMILES string of the molecule is Cn1nccc1Cn1c(=O)c(C#CC2CC2)cc2cnc(Nc3ccc(NC4CCCNC4)cc3)nc21. The predicted octanol–water partition coefficient (Wildman–Crippen LogP) is 3.24. The van der Waals surface area contributed by atoms with E-state index in [1.54, 1.807) is 27.7 Å². The van der Waals surface area contributed by atoms with Crippen molar-refractivity contribution in [3.8, 4) is 11.8 Å². The number of anilines is 3. The lowest BCUT2D eigenvalue weighted by Crippen LogP contribution is -2.38. The molecule has 188 valence electrons. The Morgan fingerprint density at radius 3 is 2.70 bits per heavy atom. The lowest BCUT2D eigenvalue weighted by atomic mass is 10.1. The summed E-state index contributed by atoms with van der Waals surface area (Å²) in [6.45, 7) is 2.43. The third-order valence-corrected chi connectivity index (χ3v) is 6.87. The molecule has 37 heavy (non-hydrogen) atoms. The average molecular weight is 495 g/mol. The summed E-state index contributed by atoms with van der Waals surface area (Å²) in [5.74, 6) is 7.15. The molecule has 1 aromatic carbocycles. The zero-order valence-corrected chi connectivity index (χ0v) is 20.9. The van der Waals surface area contributed by atoms with Crippen molar-refractivity contribution in [3.05, 3.63) is 70.4 Å². The van der Waals surface area contributed by atoms with E-state index in [-0.39, 0.29) is 5.56 Å². The molecule has 3 aromatic heterocycles. The maximum Gasteiger partial charge on any atom is 0.268 e. The molecule has 4 heterocycles. The van der Waals surface area contributed by atoms with E-state index in [2.05, 4.69) is 50.0 Å². The molecule has 1 saturated heterocycles. The van der Waals surface area contributed by atoms with Crippen LogP contribution in [0.25, 0.3) is 11.0 Å². The largest absolute Gasteiger partial charge is 0.381 e. The lowest BCUT2D eigenvalue weighted by molar-refractivity contribution is 0.480. The molecule has 6 rings (SSSR count). The summed E-state index contributed by atoms with van der Waals surface area (Å²) in [4.78, 5) is 22.7. The van der Waals surface area contributed by atoms with Gasteiger partial charge in [-0.15, -0.1) is 0 Å². The molecule has 1 aliphatic heterocycles. The van der Waals surface area contributed by atoms with Crippen molar-refractivity contribution < 1.29 is 0 Å². The van der Waals surface area contributed by atoms with Crippen LogP contribution in [-0.2, 0) is 13.6 Å². The molecule has 0 amide bonds. The number of hydrogen-bond donors (Lipinski definition) is 3. The van der Waals surface area contributed by atoms with Gasteiger partial charge in [0, 0.05) is 54.7 Å². The van der Waals surface area contributed by atoms with Crippen molar-refractivity contribution in [2.75, 3.05) is 23.7 Å². The van der Waals surface area contributed by atoms with Crippen LogP contribution in [0.2, 0.25) is 0 Å². The van der Waals surface area contributed by atoms with Crippen LogP contribution >= 0.6 is 0 Å². The van der Waals surface area contributed by atoms with Crippen molar-refractivity contribution in [2.24, 2.45) is 13.0 Å². The number of benzene rings is 1. The molecule has 9 heteroatoms. The second kappa shape index (κ2) is 10.1. The summed E-state index contributed by atoms with van der Waals surface area (Å²) in [5.41, 5.74) is 3.74. The van der Waals surface area contributed by atoms with Crippen molar-refractivity contribution in [1.82, 2.24) is 29.6 Å². The Bertz CT molecular complexity index is 1530. The maximum atomic E-state index is 13.5. The zero-order chi connectivity index (χ0) is 25.2. The minimum atomic E-state index is -0.154. The number of fused-ring (bicyclic) bond motifs is 1. The van der Waals surface area contributed by atoms with Gasteiger partial charge in [-0.1, -0.05) is 11.8 Å². The van der Waals surface area contributed by atoms with E-state index in [0.717, 1.165) is 48.4 Å². The van der Waals surface area contributed by atoms with Crippen LogP contribution in [0.15, 0.2) is 53.6 Å². The topological polar surface area (TPSA) is 102 Å². The van der Waals surface area contributed by atoms with Gasteiger partial charge in [-0.25, -0.2) is 4.98 Å². The van der Waals surface area contributed by atoms with Crippen LogP contribution in [-0.4, -0.2) is 43.4 Å². The Kier molecular flexibility index (Phi) is 6.33. The molecule has 0 radical (unpaired) electrons. The van der Waals surface area contributed by atoms with E-state index in [9.17, 15) is 4.79 Å². The first-order valence-electron chi connectivity index (χ1n) is 12.9. The third kappa shape index (κ3) is 5.34. The number of nitrogens with one attached hydrogen (secondary N) is 3. The minimum absolute atomic E-state index is 0.154. The van der Waals surface area contributed by atoms with Crippen LogP contribution in [0.4, 0.5) is 17.3 Å². The van der Waals surface area contributed by atoms with Gasteiger partial charge in [0.05, 0.1) is 17.8 Å². The fraction of sp³-hybridized carbons (Fsp3) is 0.357. The number of rotatable bonds is 6. The van der Waals surface area contributed by atoms with Gasteiger partial charge in [-0.3, -0.25) is 14.0 Å². The van der Waals surface area contributed by atoms with Gasteiger partial charge in [0.15, 0.2) is 0 Å². The molecule has 1 unspecified atom stereocenters. The Hall–Kier alpha value is -4.16. The number of piperidine rings is 1. The Morgan fingerprint density at radius 2 is 1.97 bits per heavy atom. The molecular weight excluding hydrogens is 464 g/mol. The number of pyridine rings is 1. The van der Waals surface area contributed by atoms with Crippen molar-refractivity contribution in [3.63, 3.8) is 0 Å². The molecule has 1 atom stereocenters. The van der Waals surface area contributed by atoms with Gasteiger partial charge in [-0.05, 0) is 68.6 Å². The molecule has 9 nitrogen and oxygen atoms in total. The quantitative estimate of drug-likeness (QED) is 0.354. The highest BCUT2D eigenvalue weighted by Gasteiger charge is 2.19. The summed E-state index contributed by atoms with van der Waals surface area (Å²) in [6.07, 6.45) is 8.06. The Morgan fingerprint density at radius 1 is 1.14 bits per heavy atom. The molecule has 2 fully saturated rings. The Balaban J connectivity index is 1.29. The van der Waals surface area contributed by atoms with Gasteiger partial charge in [0.2, 0.25) is 5.95 Å². The highest BCUT2D eigenvalue weighted by molar-refractivity contribution is 5.77. The minimum Gasteiger partial charge on any atom is -0.381 e. The maximum absolute atomic E-state index is 13.5. The van der Waals surface area contributed by atoms with E-state index in [0.29, 0.717) is 35.7 Å². The molecule has 1 aliphatic carbocycles. The standard InChI is InChI=1S/C28H30N8O/c1-35-25(12-14-31-35)18-36-26-21(15-20(27(36)37)7-6-19-4-5-19)16-30-28(34-26)33-23-10-8-22(9-11-23)32-24-3-2-13-29-17-24/h8-12,14-16,19,24,29,32H,2-5,13,17-18H2,1H3,(H,30,33,34). The molecule has 3 N–H and O–H groups in total. The Labute approximate surface area is 215 Å². The zero-order valence-electron chi connectivity index (χ0n) is 20.9. The predicted molar refractivity (Wildman–Crippen MR) is 145 cm³/mol. The van der Waals surface area contributed by atoms with E-state index in [1.165, 1.54) is 12.8 Å². The first-order chi connectivity index (χ1) is 18.1. The summed E-state index contributed by atoms with van der Waals surface area (Å²) >= 11 is 0. The van der Waals surface area contributed by atoms with Crippen LogP contribution in [0.5, 0.6) is 0 Å². The third-order valence-electron chi connectivity index (χ3n) is 6.87. The molecule has 0 spiro atoms. The number of aryl methyl sites for hydroxylation is 1. The summed E-state index contributed by atoms with van der Waals surface area (Å²) in [7, 11) is 1.87. The highest BCUT2D eigenvalue weighted by atomic mass is 16.1. The second-order valence-corrected chi connectivity index (χ2v) is 9.80. The lowest BCUT2D eigenvalue weighted by Gasteiger charge is -2.24. The second-order valence-electron chi connectivity index (χ2n) is 9.80. The van der Waals surface area contributed by atoms with E-state index in [1.807, 2.05) is 25.2 Å². The van der Waals surface area contributed by atoms with Crippen LogP contribution in [0.1, 0.15) is 36.9 Å². The van der Waals surface area contributed by atoms with Gasteiger partial charge in [0.25, 0.3) is 5.56 Å². The van der Waals surface area contributed by atoms with Crippen molar-refractivity contribution >= 4 is 28.4 Å². The highest BCUT2D eigenvalue weighted by Crippen LogP contribution is 2.27. The average Bonchev–Trinajstić information content (AvgIpc) is 3.66. The van der Waals surface area contributed by atoms with Crippen LogP contribution < -0.4 is 21.5 Å². The van der Waals surface area contributed by atoms with Gasteiger partial charge in [0.1, 0.15) is 5.65 Å². The fourth-order valence-corrected chi connectivity index (χ4v) is 4.57. The summed E-state index contributed by atoms with van der Waals surface area (Å²) < 4.78 is 3.43. The van der Waals surface area contributed by atoms with Gasteiger partial charge >= 0.3 is 0 Å². The normalized spacial score (nSPS) is 17.3. The van der Waals surface area contributed by atoms with E-state index in [4.69, 9.17) is 4.98 Å². The number of aromatic nitrogens is 5. The molecule has 4 aromatic rings. The molecule has 2 aliphatic rings. The van der Waals surface area contributed by atoms with Crippen LogP contribution in [0, 0.1) is 17.8 Å². The van der Waals surface area contributed by atoms with Gasteiger partial charge < -0.3 is 16.0 Å². The number of hydrogen-bond acceptors (Lipinski definition) is 7. The van der Waals surface area contributed by atoms with Crippen LogP contribution in [0.3, 0.4) is 0 Å². The van der Waals surface area contributed by atoms with E-state index >= 15 is 0 Å². The van der Waals surface area contributed by atoms with E-state index < -0.39 is 0 Å². The molecule has 1 saturated carbocycles.